The van der Waals surface area contributed by atoms with Crippen LogP contribution in [0.1, 0.15) is 20.3 Å². The van der Waals surface area contributed by atoms with E-state index < -0.39 is 11.7 Å². The van der Waals surface area contributed by atoms with Gasteiger partial charge in [-0.2, -0.15) is 13.2 Å². The van der Waals surface area contributed by atoms with Gasteiger partial charge < -0.3 is 10.1 Å². The average molecular weight is 235 g/mol. The van der Waals surface area contributed by atoms with Gasteiger partial charge >= 0.3 is 6.18 Å². The number of alkyl halides is 3. The second-order valence-corrected chi connectivity index (χ2v) is 3.74. The van der Waals surface area contributed by atoms with Crippen molar-refractivity contribution in [3.05, 3.63) is 23.5 Å². The van der Waals surface area contributed by atoms with E-state index in [1.54, 1.807) is 6.08 Å². The highest BCUT2D eigenvalue weighted by molar-refractivity contribution is 5.20. The van der Waals surface area contributed by atoms with E-state index in [2.05, 4.69) is 5.32 Å². The second kappa shape index (κ2) is 5.39. The van der Waals surface area contributed by atoms with Crippen molar-refractivity contribution in [3.8, 4) is 0 Å². The maximum Gasteiger partial charge on any atom is 0.412 e. The Kier molecular flexibility index (Phi) is 4.41. The van der Waals surface area contributed by atoms with E-state index in [4.69, 9.17) is 4.74 Å². The zero-order chi connectivity index (χ0) is 12.2. The SMILES string of the molecule is CC/C=C(\C=C(/C)C(F)(F)F)OC1CNC1. The Morgan fingerprint density at radius 2 is 2.06 bits per heavy atom. The van der Waals surface area contributed by atoms with Gasteiger partial charge in [0.25, 0.3) is 0 Å². The van der Waals surface area contributed by atoms with Crippen LogP contribution in [0, 0.1) is 0 Å². The molecule has 16 heavy (non-hydrogen) atoms. The molecule has 1 rings (SSSR count). The third-order valence-corrected chi connectivity index (χ3v) is 2.26. The van der Waals surface area contributed by atoms with Gasteiger partial charge in [-0.3, -0.25) is 0 Å². The van der Waals surface area contributed by atoms with Crippen LogP contribution in [-0.4, -0.2) is 25.4 Å². The van der Waals surface area contributed by atoms with Gasteiger partial charge in [-0.25, -0.2) is 0 Å². The zero-order valence-electron chi connectivity index (χ0n) is 9.40. The molecule has 1 N–H and O–H groups in total. The van der Waals surface area contributed by atoms with Crippen LogP contribution < -0.4 is 5.32 Å². The molecule has 1 aliphatic heterocycles. The predicted octanol–water partition coefficient (Wildman–Crippen LogP) is 2.78. The molecule has 0 spiro atoms. The van der Waals surface area contributed by atoms with Gasteiger partial charge in [-0.15, -0.1) is 0 Å². The lowest BCUT2D eigenvalue weighted by atomic mass is 10.2. The number of hydrogen-bond donors (Lipinski definition) is 1. The molecule has 0 radical (unpaired) electrons. The highest BCUT2D eigenvalue weighted by atomic mass is 19.4. The minimum absolute atomic E-state index is 0.00455. The summed E-state index contributed by atoms with van der Waals surface area (Å²) in [6.07, 6.45) is -0.921. The van der Waals surface area contributed by atoms with E-state index in [1.165, 1.54) is 0 Å². The fourth-order valence-corrected chi connectivity index (χ4v) is 1.18. The molecule has 1 saturated heterocycles. The minimum atomic E-state index is -4.28. The Balaban J connectivity index is 2.66. The van der Waals surface area contributed by atoms with Gasteiger partial charge in [-0.05, 0) is 25.5 Å². The molecule has 0 saturated carbocycles. The van der Waals surface area contributed by atoms with Crippen LogP contribution in [-0.2, 0) is 4.74 Å². The monoisotopic (exact) mass is 235 g/mol. The van der Waals surface area contributed by atoms with Gasteiger partial charge in [-0.1, -0.05) is 6.92 Å². The van der Waals surface area contributed by atoms with Crippen molar-refractivity contribution in [3.63, 3.8) is 0 Å². The summed E-state index contributed by atoms with van der Waals surface area (Å²) in [5, 5.41) is 3.00. The van der Waals surface area contributed by atoms with E-state index in [0.717, 1.165) is 13.0 Å². The van der Waals surface area contributed by atoms with Gasteiger partial charge in [0.2, 0.25) is 0 Å². The van der Waals surface area contributed by atoms with Gasteiger partial charge in [0.15, 0.2) is 0 Å². The molecule has 1 heterocycles. The smallest absolute Gasteiger partial charge is 0.412 e. The lowest BCUT2D eigenvalue weighted by molar-refractivity contribution is -0.0917. The first kappa shape index (κ1) is 13.1. The summed E-state index contributed by atoms with van der Waals surface area (Å²) in [5.74, 6) is 0.309. The summed E-state index contributed by atoms with van der Waals surface area (Å²) >= 11 is 0. The van der Waals surface area contributed by atoms with E-state index >= 15 is 0 Å². The average Bonchev–Trinajstić information content (AvgIpc) is 2.09. The number of rotatable bonds is 4. The second-order valence-electron chi connectivity index (χ2n) is 3.74. The molecule has 5 heteroatoms. The van der Waals surface area contributed by atoms with Gasteiger partial charge in [0, 0.05) is 18.7 Å². The molecule has 0 bridgehead atoms. The quantitative estimate of drug-likeness (QED) is 0.597. The number of hydrogen-bond acceptors (Lipinski definition) is 2. The molecule has 0 aliphatic carbocycles. The highest BCUT2D eigenvalue weighted by Gasteiger charge is 2.30. The molecule has 92 valence electrons. The molecule has 1 fully saturated rings. The van der Waals surface area contributed by atoms with Crippen LogP contribution in [0.15, 0.2) is 23.5 Å². The number of nitrogens with one attached hydrogen (secondary N) is 1. The topological polar surface area (TPSA) is 21.3 Å². The lowest BCUT2D eigenvalue weighted by Crippen LogP contribution is -2.48. The fourth-order valence-electron chi connectivity index (χ4n) is 1.18. The molecular formula is C11H16F3NO. The molecule has 0 aromatic heterocycles. The predicted molar refractivity (Wildman–Crippen MR) is 55.9 cm³/mol. The standard InChI is InChI=1S/C11H16F3NO/c1-3-4-9(16-10-6-15-7-10)5-8(2)11(12,13)14/h4-5,10,15H,3,6-7H2,1-2H3/b8-5+,9-4+. The molecule has 0 atom stereocenters. The molecule has 0 unspecified atom stereocenters. The minimum Gasteiger partial charge on any atom is -0.488 e. The third kappa shape index (κ3) is 3.89. The van der Waals surface area contributed by atoms with Crippen molar-refractivity contribution >= 4 is 0 Å². The Morgan fingerprint density at radius 3 is 2.44 bits per heavy atom. The van der Waals surface area contributed by atoms with Crippen molar-refractivity contribution in [2.24, 2.45) is 0 Å². The lowest BCUT2D eigenvalue weighted by Gasteiger charge is -2.28. The fraction of sp³-hybridized carbons (Fsp3) is 0.636. The van der Waals surface area contributed by atoms with Crippen LogP contribution >= 0.6 is 0 Å². The Morgan fingerprint density at radius 1 is 1.44 bits per heavy atom. The van der Waals surface area contributed by atoms with Crippen LogP contribution in [0.2, 0.25) is 0 Å². The van der Waals surface area contributed by atoms with Crippen LogP contribution in [0.25, 0.3) is 0 Å². The summed E-state index contributed by atoms with van der Waals surface area (Å²) in [7, 11) is 0. The summed E-state index contributed by atoms with van der Waals surface area (Å²) in [4.78, 5) is 0. The van der Waals surface area contributed by atoms with Crippen molar-refractivity contribution in [2.75, 3.05) is 13.1 Å². The molecule has 0 aromatic rings. The Hall–Kier alpha value is -0.970. The van der Waals surface area contributed by atoms with Crippen LogP contribution in [0.3, 0.4) is 0 Å². The van der Waals surface area contributed by atoms with E-state index in [9.17, 15) is 13.2 Å². The summed E-state index contributed by atoms with van der Waals surface area (Å²) in [6, 6.07) is 0. The van der Waals surface area contributed by atoms with E-state index in [-0.39, 0.29) is 6.10 Å². The van der Waals surface area contributed by atoms with Crippen molar-refractivity contribution < 1.29 is 17.9 Å². The van der Waals surface area contributed by atoms with Crippen molar-refractivity contribution in [1.29, 1.82) is 0 Å². The molecule has 2 nitrogen and oxygen atoms in total. The van der Waals surface area contributed by atoms with E-state index in [0.29, 0.717) is 25.3 Å². The molecule has 0 amide bonds. The molecule has 1 aliphatic rings. The number of ether oxygens (including phenoxy) is 1. The summed E-state index contributed by atoms with van der Waals surface area (Å²) in [6.45, 7) is 4.30. The normalized spacial score (nSPS) is 19.6. The number of halogens is 3. The first-order chi connectivity index (χ1) is 7.43. The summed E-state index contributed by atoms with van der Waals surface area (Å²) < 4.78 is 42.4. The third-order valence-electron chi connectivity index (χ3n) is 2.26. The first-order valence-corrected chi connectivity index (χ1v) is 5.26. The maximum absolute atomic E-state index is 12.3. The highest BCUT2D eigenvalue weighted by Crippen LogP contribution is 2.26. The van der Waals surface area contributed by atoms with Gasteiger partial charge in [0.1, 0.15) is 11.9 Å². The van der Waals surface area contributed by atoms with Crippen molar-refractivity contribution in [2.45, 2.75) is 32.5 Å². The first-order valence-electron chi connectivity index (χ1n) is 5.26. The molecule has 0 aromatic carbocycles. The maximum atomic E-state index is 12.3. The Labute approximate surface area is 93.2 Å². The van der Waals surface area contributed by atoms with Crippen LogP contribution in [0.5, 0.6) is 0 Å². The van der Waals surface area contributed by atoms with E-state index in [1.807, 2.05) is 6.92 Å². The number of allylic oxidation sites excluding steroid dienone is 3. The van der Waals surface area contributed by atoms with Crippen LogP contribution in [0.4, 0.5) is 13.2 Å². The Bertz CT molecular complexity index is 290. The summed E-state index contributed by atoms with van der Waals surface area (Å²) in [5.41, 5.74) is -0.639. The largest absolute Gasteiger partial charge is 0.488 e. The van der Waals surface area contributed by atoms with Crippen molar-refractivity contribution in [1.82, 2.24) is 5.32 Å². The zero-order valence-corrected chi connectivity index (χ0v) is 9.40. The van der Waals surface area contributed by atoms with Gasteiger partial charge in [0.05, 0.1) is 0 Å². The molecular weight excluding hydrogens is 219 g/mol.